The summed E-state index contributed by atoms with van der Waals surface area (Å²) >= 11 is 0. The van der Waals surface area contributed by atoms with E-state index in [1.54, 1.807) is 0 Å². The van der Waals surface area contributed by atoms with Gasteiger partial charge >= 0.3 is 5.97 Å². The van der Waals surface area contributed by atoms with Crippen LogP contribution in [0.15, 0.2) is 35.2 Å². The monoisotopic (exact) mass is 267 g/mol. The zero-order valence-corrected chi connectivity index (χ0v) is 9.81. The lowest BCUT2D eigenvalue weighted by molar-refractivity contribution is 0.0694. The van der Waals surface area contributed by atoms with Crippen molar-refractivity contribution in [3.05, 3.63) is 35.9 Å². The molecule has 0 aromatic heterocycles. The molecule has 0 aliphatic heterocycles. The number of hydrogen-bond acceptors (Lipinski definition) is 4. The number of carboxylic acids is 1. The Morgan fingerprint density at radius 2 is 1.78 bits per heavy atom. The van der Waals surface area contributed by atoms with Crippen LogP contribution in [0.25, 0.3) is 10.8 Å². The maximum atomic E-state index is 11.4. The van der Waals surface area contributed by atoms with Crippen LogP contribution in [0.5, 0.6) is 5.75 Å². The van der Waals surface area contributed by atoms with Gasteiger partial charge in [0.2, 0.25) is 10.0 Å². The largest absolute Gasteiger partial charge is 0.506 e. The Hall–Kier alpha value is -2.12. The number of sulfonamides is 1. The first kappa shape index (κ1) is 12.3. The number of fused-ring (bicyclic) bond motifs is 1. The van der Waals surface area contributed by atoms with E-state index in [4.69, 9.17) is 10.2 Å². The molecule has 0 radical (unpaired) electrons. The average molecular weight is 267 g/mol. The van der Waals surface area contributed by atoms with E-state index in [-0.39, 0.29) is 21.2 Å². The highest BCUT2D eigenvalue weighted by atomic mass is 32.2. The van der Waals surface area contributed by atoms with Crippen LogP contribution in [0.3, 0.4) is 0 Å². The summed E-state index contributed by atoms with van der Waals surface area (Å²) in [6.45, 7) is 0. The Bertz CT molecular complexity index is 751. The molecule has 7 heteroatoms. The number of phenols is 1. The predicted octanol–water partition coefficient (Wildman–Crippen LogP) is 0.891. The van der Waals surface area contributed by atoms with Gasteiger partial charge in [0.15, 0.2) is 0 Å². The van der Waals surface area contributed by atoms with Crippen molar-refractivity contribution in [1.29, 1.82) is 0 Å². The zero-order valence-electron chi connectivity index (χ0n) is 8.99. The molecular formula is C11H9NO5S. The van der Waals surface area contributed by atoms with Crippen LogP contribution in [0.4, 0.5) is 0 Å². The van der Waals surface area contributed by atoms with Crippen molar-refractivity contribution in [2.24, 2.45) is 5.14 Å². The first-order valence-corrected chi connectivity index (χ1v) is 6.38. The van der Waals surface area contributed by atoms with Crippen molar-refractivity contribution in [3.8, 4) is 5.75 Å². The molecule has 0 bridgehead atoms. The molecule has 0 atom stereocenters. The topological polar surface area (TPSA) is 118 Å². The van der Waals surface area contributed by atoms with E-state index in [1.165, 1.54) is 24.3 Å². The summed E-state index contributed by atoms with van der Waals surface area (Å²) in [7, 11) is -3.94. The first-order valence-electron chi connectivity index (χ1n) is 4.83. The quantitative estimate of drug-likeness (QED) is 0.746. The molecule has 0 saturated heterocycles. The molecule has 0 unspecified atom stereocenters. The van der Waals surface area contributed by atoms with Gasteiger partial charge in [-0.1, -0.05) is 18.2 Å². The van der Waals surface area contributed by atoms with E-state index in [2.05, 4.69) is 0 Å². The Morgan fingerprint density at radius 1 is 1.11 bits per heavy atom. The maximum Gasteiger partial charge on any atom is 0.339 e. The molecule has 4 N–H and O–H groups in total. The summed E-state index contributed by atoms with van der Waals surface area (Å²) in [5, 5.41) is 24.0. The predicted molar refractivity (Wildman–Crippen MR) is 63.9 cm³/mol. The number of carbonyl (C=O) groups is 1. The minimum Gasteiger partial charge on any atom is -0.506 e. The third-order valence-corrected chi connectivity index (χ3v) is 3.50. The molecule has 18 heavy (non-hydrogen) atoms. The minimum absolute atomic E-state index is 0.126. The van der Waals surface area contributed by atoms with E-state index < -0.39 is 21.7 Å². The van der Waals surface area contributed by atoms with Gasteiger partial charge in [0, 0.05) is 10.8 Å². The SMILES string of the molecule is NS(=O)(=O)c1cccc2c(O)c(C(=O)O)ccc12. The zero-order chi connectivity index (χ0) is 13.5. The number of carboxylic acid groups (broad SMARTS) is 1. The fraction of sp³-hybridized carbons (Fsp3) is 0. The van der Waals surface area contributed by atoms with Crippen LogP contribution in [-0.4, -0.2) is 24.6 Å². The summed E-state index contributed by atoms with van der Waals surface area (Å²) in [6.07, 6.45) is 0. The summed E-state index contributed by atoms with van der Waals surface area (Å²) in [4.78, 5) is 10.7. The lowest BCUT2D eigenvalue weighted by Crippen LogP contribution is -2.12. The van der Waals surface area contributed by atoms with Crippen molar-refractivity contribution < 1.29 is 23.4 Å². The van der Waals surface area contributed by atoms with Gasteiger partial charge in [-0.25, -0.2) is 18.4 Å². The van der Waals surface area contributed by atoms with Gasteiger partial charge in [-0.15, -0.1) is 0 Å². The molecule has 2 aromatic rings. The molecule has 0 saturated carbocycles. The lowest BCUT2D eigenvalue weighted by Gasteiger charge is -2.07. The van der Waals surface area contributed by atoms with Gasteiger partial charge in [-0.05, 0) is 12.1 Å². The Morgan fingerprint density at radius 3 is 2.33 bits per heavy atom. The molecule has 0 spiro atoms. The standard InChI is InChI=1S/C11H9NO5S/c12-18(16,17)9-3-1-2-7-6(9)4-5-8(10(7)13)11(14)15/h1-5,13H,(H,14,15)(H2,12,16,17). The van der Waals surface area contributed by atoms with Crippen molar-refractivity contribution in [2.45, 2.75) is 4.90 Å². The van der Waals surface area contributed by atoms with Gasteiger partial charge in [-0.2, -0.15) is 0 Å². The molecule has 2 aromatic carbocycles. The number of aromatic carboxylic acids is 1. The first-order chi connectivity index (χ1) is 8.32. The highest BCUT2D eigenvalue weighted by Gasteiger charge is 2.17. The smallest absolute Gasteiger partial charge is 0.339 e. The third-order valence-electron chi connectivity index (χ3n) is 2.53. The number of nitrogens with two attached hydrogens (primary N) is 1. The molecule has 0 aliphatic rings. The van der Waals surface area contributed by atoms with E-state index in [0.717, 1.165) is 6.07 Å². The highest BCUT2D eigenvalue weighted by Crippen LogP contribution is 2.32. The highest BCUT2D eigenvalue weighted by molar-refractivity contribution is 7.89. The number of hydrogen-bond donors (Lipinski definition) is 3. The van der Waals surface area contributed by atoms with Crippen LogP contribution in [-0.2, 0) is 10.0 Å². The van der Waals surface area contributed by atoms with E-state index in [9.17, 15) is 18.3 Å². The molecule has 6 nitrogen and oxygen atoms in total. The molecular weight excluding hydrogens is 258 g/mol. The van der Waals surface area contributed by atoms with Crippen molar-refractivity contribution in [2.75, 3.05) is 0 Å². The van der Waals surface area contributed by atoms with Crippen LogP contribution in [0.1, 0.15) is 10.4 Å². The molecule has 0 heterocycles. The number of rotatable bonds is 2. The summed E-state index contributed by atoms with van der Waals surface area (Å²) in [6, 6.07) is 6.53. The van der Waals surface area contributed by atoms with Gasteiger partial charge in [0.25, 0.3) is 0 Å². The fourth-order valence-electron chi connectivity index (χ4n) is 1.73. The normalized spacial score (nSPS) is 11.6. The molecule has 0 amide bonds. The second kappa shape index (κ2) is 3.97. The van der Waals surface area contributed by atoms with Crippen LogP contribution >= 0.6 is 0 Å². The van der Waals surface area contributed by atoms with Crippen LogP contribution in [0, 0.1) is 0 Å². The Labute approximate surface area is 102 Å². The van der Waals surface area contributed by atoms with E-state index >= 15 is 0 Å². The summed E-state index contributed by atoms with van der Waals surface area (Å²) < 4.78 is 22.7. The summed E-state index contributed by atoms with van der Waals surface area (Å²) in [5.41, 5.74) is -0.297. The maximum absolute atomic E-state index is 11.4. The summed E-state index contributed by atoms with van der Waals surface area (Å²) in [5.74, 6) is -1.78. The number of primary sulfonamides is 1. The van der Waals surface area contributed by atoms with Crippen LogP contribution < -0.4 is 5.14 Å². The molecule has 0 fully saturated rings. The van der Waals surface area contributed by atoms with Crippen molar-refractivity contribution >= 4 is 26.8 Å². The molecule has 94 valence electrons. The van der Waals surface area contributed by atoms with Gasteiger partial charge in [0.1, 0.15) is 11.3 Å². The van der Waals surface area contributed by atoms with Crippen LogP contribution in [0.2, 0.25) is 0 Å². The average Bonchev–Trinajstić information content (AvgIpc) is 2.27. The van der Waals surface area contributed by atoms with Gasteiger partial charge in [-0.3, -0.25) is 0 Å². The Kier molecular flexibility index (Phi) is 2.72. The second-order valence-electron chi connectivity index (χ2n) is 3.66. The molecule has 0 aliphatic carbocycles. The second-order valence-corrected chi connectivity index (χ2v) is 5.19. The minimum atomic E-state index is -3.94. The number of benzene rings is 2. The Balaban J connectivity index is 2.92. The van der Waals surface area contributed by atoms with Crippen molar-refractivity contribution in [1.82, 2.24) is 0 Å². The lowest BCUT2D eigenvalue weighted by atomic mass is 10.1. The number of aromatic hydroxyl groups is 1. The molecule has 2 rings (SSSR count). The third kappa shape index (κ3) is 1.89. The van der Waals surface area contributed by atoms with Gasteiger partial charge in [0.05, 0.1) is 4.90 Å². The van der Waals surface area contributed by atoms with Gasteiger partial charge < -0.3 is 10.2 Å². The van der Waals surface area contributed by atoms with E-state index in [0.29, 0.717) is 0 Å². The van der Waals surface area contributed by atoms with Crippen molar-refractivity contribution in [3.63, 3.8) is 0 Å². The fourth-order valence-corrected chi connectivity index (χ4v) is 2.49. The van der Waals surface area contributed by atoms with E-state index in [1.807, 2.05) is 0 Å².